The highest BCUT2D eigenvalue weighted by Crippen LogP contribution is 2.27. The summed E-state index contributed by atoms with van der Waals surface area (Å²) in [5.74, 6) is -0.515. The lowest BCUT2D eigenvalue weighted by Gasteiger charge is -2.28. The van der Waals surface area contributed by atoms with E-state index in [1.807, 2.05) is 0 Å². The van der Waals surface area contributed by atoms with Gasteiger partial charge in [-0.1, -0.05) is 17.7 Å². The monoisotopic (exact) mass is 490 g/mol. The molecule has 2 N–H and O–H groups in total. The van der Waals surface area contributed by atoms with Gasteiger partial charge in [0.2, 0.25) is 0 Å². The number of hydrogen-bond donors (Lipinski definition) is 2. The molecular formula is C22H22ClFN5O3S-. The summed E-state index contributed by atoms with van der Waals surface area (Å²) in [4.78, 5) is 24.4. The summed E-state index contributed by atoms with van der Waals surface area (Å²) in [6.45, 7) is 3.51. The van der Waals surface area contributed by atoms with Crippen molar-refractivity contribution in [3.63, 3.8) is 0 Å². The Morgan fingerprint density at radius 1 is 1.24 bits per heavy atom. The number of aryl methyl sites for hydroxylation is 1. The zero-order valence-corrected chi connectivity index (χ0v) is 19.2. The molecule has 0 saturated carbocycles. The van der Waals surface area contributed by atoms with Crippen molar-refractivity contribution in [1.29, 1.82) is 0 Å². The minimum absolute atomic E-state index is 0.0146. The van der Waals surface area contributed by atoms with Crippen LogP contribution in [0.5, 0.6) is 0 Å². The summed E-state index contributed by atoms with van der Waals surface area (Å²) in [5, 5.41) is 3.30. The molecule has 0 radical (unpaired) electrons. The second-order valence-electron chi connectivity index (χ2n) is 7.63. The van der Waals surface area contributed by atoms with Crippen LogP contribution in [0.15, 0.2) is 36.5 Å². The summed E-state index contributed by atoms with van der Waals surface area (Å²) >= 11 is 3.83. The fraction of sp³-hybridized carbons (Fsp3) is 0.318. The number of nitrogens with zero attached hydrogens (tertiary/aromatic N) is 3. The number of aromatic nitrogens is 2. The number of piperazine rings is 1. The molecule has 2 aromatic carbocycles. The molecule has 4 rings (SSSR count). The van der Waals surface area contributed by atoms with E-state index in [2.05, 4.69) is 24.9 Å². The van der Waals surface area contributed by atoms with Crippen LogP contribution in [0.25, 0.3) is 11.0 Å². The first-order chi connectivity index (χ1) is 15.9. The molecule has 11 heteroatoms. The molecule has 0 spiro atoms. The van der Waals surface area contributed by atoms with Gasteiger partial charge in [-0.25, -0.2) is 14.1 Å². The highest BCUT2D eigenvalue weighted by atomic mass is 35.5. The van der Waals surface area contributed by atoms with Crippen molar-refractivity contribution >= 4 is 45.5 Å². The molecule has 1 fully saturated rings. The van der Waals surface area contributed by atoms with E-state index in [1.165, 1.54) is 12.1 Å². The molecule has 1 atom stereocenters. The van der Waals surface area contributed by atoms with E-state index >= 15 is 4.39 Å². The topological polar surface area (TPSA) is 110 Å². The molecule has 2 heterocycles. The number of fused-ring (bicyclic) bond motifs is 1. The third kappa shape index (κ3) is 5.53. The number of ketones is 1. The summed E-state index contributed by atoms with van der Waals surface area (Å²) in [5.41, 5.74) is 1.52. The van der Waals surface area contributed by atoms with Gasteiger partial charge in [0.1, 0.15) is 11.6 Å². The van der Waals surface area contributed by atoms with Crippen LogP contribution in [-0.2, 0) is 17.7 Å². The van der Waals surface area contributed by atoms with Gasteiger partial charge in [-0.15, -0.1) is 0 Å². The average Bonchev–Trinajstić information content (AvgIpc) is 2.82. The molecule has 1 aliphatic heterocycles. The van der Waals surface area contributed by atoms with Crippen molar-refractivity contribution in [2.75, 3.05) is 37.6 Å². The largest absolute Gasteiger partial charge is 0.760 e. The van der Waals surface area contributed by atoms with Gasteiger partial charge >= 0.3 is 0 Å². The lowest BCUT2D eigenvalue weighted by atomic mass is 9.98. The van der Waals surface area contributed by atoms with Crippen LogP contribution in [0.1, 0.15) is 27.9 Å². The second kappa shape index (κ2) is 10.6. The zero-order valence-electron chi connectivity index (χ0n) is 17.6. The highest BCUT2D eigenvalue weighted by Gasteiger charge is 2.21. The lowest BCUT2D eigenvalue weighted by molar-refractivity contribution is 0.103. The van der Waals surface area contributed by atoms with Crippen LogP contribution in [-0.4, -0.2) is 57.2 Å². The molecule has 174 valence electrons. The standard InChI is InChI=1S/C22H23ClFN5O3S/c23-16-5-3-14(2-1-7-27-33(31)32)21(24)20(16)22(30)15-4-6-17-18(12-15)28-19(13-26-17)29-10-8-25-9-11-29/h3-6,12-13,25,27H,1-2,7-11H2,(H,31,32)/p-1. The van der Waals surface area contributed by atoms with Crippen molar-refractivity contribution in [1.82, 2.24) is 20.0 Å². The van der Waals surface area contributed by atoms with E-state index in [0.717, 1.165) is 32.0 Å². The van der Waals surface area contributed by atoms with E-state index in [4.69, 9.17) is 11.6 Å². The number of benzene rings is 2. The second-order valence-corrected chi connectivity index (χ2v) is 8.79. The van der Waals surface area contributed by atoms with Crippen molar-refractivity contribution in [2.45, 2.75) is 12.8 Å². The number of nitrogens with one attached hydrogen (secondary N) is 2. The Labute approximate surface area is 198 Å². The first-order valence-corrected chi connectivity index (χ1v) is 12.0. The number of anilines is 1. The number of halogens is 2. The van der Waals surface area contributed by atoms with Crippen LogP contribution in [0.4, 0.5) is 10.2 Å². The molecule has 1 saturated heterocycles. The molecule has 0 amide bonds. The SMILES string of the molecule is O=C(c1ccc2ncc(N3CCNCC3)nc2c1)c1c(Cl)ccc(CCCNS(=O)[O-])c1F. The smallest absolute Gasteiger partial charge is 0.197 e. The van der Waals surface area contributed by atoms with Crippen molar-refractivity contribution in [3.05, 3.63) is 64.1 Å². The maximum absolute atomic E-state index is 15.2. The number of rotatable bonds is 8. The molecule has 1 unspecified atom stereocenters. The van der Waals surface area contributed by atoms with Crippen molar-refractivity contribution in [3.8, 4) is 0 Å². The van der Waals surface area contributed by atoms with Crippen LogP contribution in [0, 0.1) is 5.82 Å². The van der Waals surface area contributed by atoms with Gasteiger partial charge in [0.25, 0.3) is 0 Å². The first-order valence-electron chi connectivity index (χ1n) is 10.5. The van der Waals surface area contributed by atoms with Gasteiger partial charge in [-0.05, 0) is 42.7 Å². The number of hydrogen-bond acceptors (Lipinski definition) is 7. The third-order valence-corrected chi connectivity index (χ3v) is 6.23. The third-order valence-electron chi connectivity index (χ3n) is 5.47. The highest BCUT2D eigenvalue weighted by molar-refractivity contribution is 7.77. The van der Waals surface area contributed by atoms with Crippen LogP contribution in [0.3, 0.4) is 0 Å². The Hall–Kier alpha value is -2.50. The predicted molar refractivity (Wildman–Crippen MR) is 125 cm³/mol. The summed E-state index contributed by atoms with van der Waals surface area (Å²) in [6, 6.07) is 7.86. The van der Waals surface area contributed by atoms with E-state index in [1.54, 1.807) is 24.4 Å². The maximum Gasteiger partial charge on any atom is 0.197 e. The average molecular weight is 491 g/mol. The zero-order chi connectivity index (χ0) is 23.4. The summed E-state index contributed by atoms with van der Waals surface area (Å²) in [7, 11) is 0. The summed E-state index contributed by atoms with van der Waals surface area (Å²) < 4.78 is 38.6. The van der Waals surface area contributed by atoms with Gasteiger partial charge in [0, 0.05) is 49.6 Å². The van der Waals surface area contributed by atoms with E-state index in [0.29, 0.717) is 23.0 Å². The van der Waals surface area contributed by atoms with Crippen molar-refractivity contribution < 1.29 is 17.9 Å². The fourth-order valence-corrected chi connectivity index (χ4v) is 4.31. The Balaban J connectivity index is 1.60. The Morgan fingerprint density at radius 3 is 2.79 bits per heavy atom. The van der Waals surface area contributed by atoms with Gasteiger partial charge in [0.15, 0.2) is 5.78 Å². The minimum Gasteiger partial charge on any atom is -0.760 e. The normalized spacial score (nSPS) is 15.1. The quantitative estimate of drug-likeness (QED) is 0.283. The molecule has 0 bridgehead atoms. The molecular weight excluding hydrogens is 469 g/mol. The molecule has 33 heavy (non-hydrogen) atoms. The van der Waals surface area contributed by atoms with Gasteiger partial charge in [-0.2, -0.15) is 0 Å². The van der Waals surface area contributed by atoms with Crippen molar-refractivity contribution in [2.24, 2.45) is 0 Å². The number of carbonyl (C=O) groups excluding carboxylic acids is 1. The Morgan fingerprint density at radius 2 is 2.03 bits per heavy atom. The van der Waals surface area contributed by atoms with Crippen LogP contribution < -0.4 is 14.9 Å². The molecule has 1 aromatic heterocycles. The first kappa shape index (κ1) is 23.7. The Bertz CT molecular complexity index is 1210. The predicted octanol–water partition coefficient (Wildman–Crippen LogP) is 2.38. The van der Waals surface area contributed by atoms with Crippen LogP contribution >= 0.6 is 11.6 Å². The Kier molecular flexibility index (Phi) is 7.61. The number of carbonyl (C=O) groups is 1. The molecule has 8 nitrogen and oxygen atoms in total. The van der Waals surface area contributed by atoms with E-state index in [9.17, 15) is 13.6 Å². The lowest BCUT2D eigenvalue weighted by Crippen LogP contribution is -2.43. The maximum atomic E-state index is 15.2. The fourth-order valence-electron chi connectivity index (χ4n) is 3.76. The van der Waals surface area contributed by atoms with E-state index in [-0.39, 0.29) is 29.1 Å². The molecule has 0 aliphatic carbocycles. The van der Waals surface area contributed by atoms with Gasteiger partial charge < -0.3 is 14.8 Å². The molecule has 1 aliphatic rings. The van der Waals surface area contributed by atoms with Gasteiger partial charge in [-0.3, -0.25) is 14.0 Å². The van der Waals surface area contributed by atoms with E-state index < -0.39 is 22.9 Å². The summed E-state index contributed by atoms with van der Waals surface area (Å²) in [6.07, 6.45) is 2.34. The van der Waals surface area contributed by atoms with Gasteiger partial charge in [0.05, 0.1) is 27.8 Å². The van der Waals surface area contributed by atoms with Crippen LogP contribution in [0.2, 0.25) is 5.02 Å². The molecule has 3 aromatic rings. The minimum atomic E-state index is -2.37.